The van der Waals surface area contributed by atoms with Crippen LogP contribution in [0.15, 0.2) is 16.5 Å². The number of carboxylic acid groups (broad SMARTS) is 1. The van der Waals surface area contributed by atoms with Crippen molar-refractivity contribution in [2.24, 2.45) is 0 Å². The van der Waals surface area contributed by atoms with Crippen LogP contribution in [0, 0.1) is 0 Å². The van der Waals surface area contributed by atoms with Gasteiger partial charge in [-0.3, -0.25) is 4.79 Å². The molecule has 0 radical (unpaired) electrons. The second-order valence-electron chi connectivity index (χ2n) is 4.12. The fraction of sp³-hybridized carbons (Fsp3) is 0.500. The van der Waals surface area contributed by atoms with Crippen molar-refractivity contribution in [1.82, 2.24) is 0 Å². The third-order valence-corrected chi connectivity index (χ3v) is 2.15. The highest BCUT2D eigenvalue weighted by Crippen LogP contribution is 2.35. The Hall–Kier alpha value is -1.46. The Morgan fingerprint density at radius 3 is 2.19 bits per heavy atom. The summed E-state index contributed by atoms with van der Waals surface area (Å²) in [5.74, 6) is -2.18. The van der Waals surface area contributed by atoms with Crippen molar-refractivity contribution in [2.45, 2.75) is 31.9 Å². The second-order valence-corrected chi connectivity index (χ2v) is 4.12. The molecule has 0 amide bonds. The number of aliphatic carboxylic acids is 1. The molecule has 1 aromatic rings. The average molecular weight is 236 g/mol. The summed E-state index contributed by atoms with van der Waals surface area (Å²) in [4.78, 5) is 10.5. The molecule has 0 spiro atoms. The zero-order valence-corrected chi connectivity index (χ0v) is 8.76. The first kappa shape index (κ1) is 12.6. The van der Waals surface area contributed by atoms with Crippen molar-refractivity contribution < 1.29 is 27.5 Å². The minimum atomic E-state index is -4.54. The van der Waals surface area contributed by atoms with E-state index in [2.05, 4.69) is 4.42 Å². The van der Waals surface area contributed by atoms with Gasteiger partial charge < -0.3 is 9.52 Å². The Balaban J connectivity index is 2.97. The second kappa shape index (κ2) is 3.84. The van der Waals surface area contributed by atoms with E-state index in [1.807, 2.05) is 0 Å². The van der Waals surface area contributed by atoms with Crippen molar-refractivity contribution in [2.75, 3.05) is 0 Å². The van der Waals surface area contributed by atoms with E-state index in [1.54, 1.807) is 0 Å². The molecule has 0 aliphatic carbocycles. The molecule has 1 rings (SSSR count). The van der Waals surface area contributed by atoms with E-state index in [0.29, 0.717) is 0 Å². The lowest BCUT2D eigenvalue weighted by Gasteiger charge is -2.19. The lowest BCUT2D eigenvalue weighted by molar-refractivity contribution is -0.153. The van der Waals surface area contributed by atoms with Gasteiger partial charge in [-0.15, -0.1) is 0 Å². The highest BCUT2D eigenvalue weighted by Gasteiger charge is 2.37. The van der Waals surface area contributed by atoms with Gasteiger partial charge in [0.1, 0.15) is 5.76 Å². The fourth-order valence-electron chi connectivity index (χ4n) is 1.32. The van der Waals surface area contributed by atoms with Crippen molar-refractivity contribution in [3.63, 3.8) is 0 Å². The number of furan rings is 1. The van der Waals surface area contributed by atoms with E-state index < -0.39 is 23.3 Å². The van der Waals surface area contributed by atoms with Gasteiger partial charge in [-0.05, 0) is 12.1 Å². The van der Waals surface area contributed by atoms with Gasteiger partial charge in [-0.1, -0.05) is 13.8 Å². The maximum Gasteiger partial charge on any atom is 0.449 e. The summed E-state index contributed by atoms with van der Waals surface area (Å²) in [6.07, 6.45) is -4.84. The van der Waals surface area contributed by atoms with Crippen molar-refractivity contribution in [1.29, 1.82) is 0 Å². The van der Waals surface area contributed by atoms with Crippen LogP contribution in [0.5, 0.6) is 0 Å². The molecule has 0 saturated heterocycles. The summed E-state index contributed by atoms with van der Waals surface area (Å²) in [6, 6.07) is 1.96. The lowest BCUT2D eigenvalue weighted by atomic mass is 9.87. The van der Waals surface area contributed by atoms with Crippen LogP contribution in [-0.4, -0.2) is 11.1 Å². The van der Waals surface area contributed by atoms with Gasteiger partial charge in [0.25, 0.3) is 0 Å². The smallest absolute Gasteiger partial charge is 0.449 e. The summed E-state index contributed by atoms with van der Waals surface area (Å²) in [7, 11) is 0. The first-order valence-electron chi connectivity index (χ1n) is 4.52. The molecule has 0 aromatic carbocycles. The minimum absolute atomic E-state index is 0.0159. The van der Waals surface area contributed by atoms with Crippen LogP contribution < -0.4 is 0 Å². The van der Waals surface area contributed by atoms with Crippen molar-refractivity contribution in [3.8, 4) is 0 Å². The lowest BCUT2D eigenvalue weighted by Crippen LogP contribution is -2.21. The molecule has 3 nitrogen and oxygen atoms in total. The molecule has 0 saturated carbocycles. The van der Waals surface area contributed by atoms with Gasteiger partial charge in [0.15, 0.2) is 0 Å². The average Bonchev–Trinajstić information content (AvgIpc) is 2.47. The molecule has 1 N–H and O–H groups in total. The number of hydrogen-bond acceptors (Lipinski definition) is 2. The Morgan fingerprint density at radius 1 is 1.31 bits per heavy atom. The van der Waals surface area contributed by atoms with Gasteiger partial charge in [0.2, 0.25) is 5.76 Å². The number of rotatable bonds is 3. The Bertz CT molecular complexity index is 390. The monoisotopic (exact) mass is 236 g/mol. The minimum Gasteiger partial charge on any atom is -0.481 e. The van der Waals surface area contributed by atoms with E-state index in [4.69, 9.17) is 5.11 Å². The molecule has 90 valence electrons. The van der Waals surface area contributed by atoms with Gasteiger partial charge >= 0.3 is 12.1 Å². The molecule has 0 bridgehead atoms. The standard InChI is InChI=1S/C10H11F3O3/c1-9(2,5-8(14)15)6-3-4-7(16-6)10(11,12)13/h3-4H,5H2,1-2H3,(H,14,15). The third-order valence-electron chi connectivity index (χ3n) is 2.15. The van der Waals surface area contributed by atoms with Gasteiger partial charge in [0, 0.05) is 5.41 Å². The topological polar surface area (TPSA) is 50.4 Å². The SMILES string of the molecule is CC(C)(CC(=O)O)c1ccc(C(F)(F)F)o1. The number of halogens is 3. The van der Waals surface area contributed by atoms with Crippen molar-refractivity contribution >= 4 is 5.97 Å². The van der Waals surface area contributed by atoms with Crippen LogP contribution in [0.2, 0.25) is 0 Å². The normalized spacial score (nSPS) is 12.8. The Morgan fingerprint density at radius 2 is 1.81 bits per heavy atom. The maximum absolute atomic E-state index is 12.2. The van der Waals surface area contributed by atoms with E-state index in [1.165, 1.54) is 13.8 Å². The van der Waals surface area contributed by atoms with Crippen LogP contribution >= 0.6 is 0 Å². The fourth-order valence-corrected chi connectivity index (χ4v) is 1.32. The van der Waals surface area contributed by atoms with Gasteiger partial charge in [0.05, 0.1) is 6.42 Å². The molecule has 0 atom stereocenters. The van der Waals surface area contributed by atoms with Crippen molar-refractivity contribution in [3.05, 3.63) is 23.7 Å². The summed E-state index contributed by atoms with van der Waals surface area (Å²) >= 11 is 0. The third kappa shape index (κ3) is 2.77. The first-order valence-corrected chi connectivity index (χ1v) is 4.52. The summed E-state index contributed by atoms with van der Waals surface area (Å²) in [5, 5.41) is 8.61. The van der Waals surface area contributed by atoms with E-state index >= 15 is 0 Å². The number of alkyl halides is 3. The summed E-state index contributed by atoms with van der Waals surface area (Å²) in [6.45, 7) is 3.03. The molecule has 16 heavy (non-hydrogen) atoms. The quantitative estimate of drug-likeness (QED) is 0.877. The summed E-state index contributed by atoms with van der Waals surface area (Å²) in [5.41, 5.74) is -0.963. The van der Waals surface area contributed by atoms with E-state index in [0.717, 1.165) is 12.1 Å². The zero-order valence-electron chi connectivity index (χ0n) is 8.76. The van der Waals surface area contributed by atoms with Gasteiger partial charge in [-0.25, -0.2) is 0 Å². The Labute approximate surface area is 89.9 Å². The molecule has 1 heterocycles. The number of hydrogen-bond donors (Lipinski definition) is 1. The molecule has 0 fully saturated rings. The number of carbonyl (C=O) groups is 1. The molecule has 1 aromatic heterocycles. The molecule has 0 aliphatic heterocycles. The molecular formula is C10H11F3O3. The van der Waals surface area contributed by atoms with Crippen LogP contribution in [0.25, 0.3) is 0 Å². The van der Waals surface area contributed by atoms with Crippen LogP contribution in [-0.2, 0) is 16.4 Å². The Kier molecular flexibility index (Phi) is 3.03. The van der Waals surface area contributed by atoms with E-state index in [-0.39, 0.29) is 12.2 Å². The summed E-state index contributed by atoms with van der Waals surface area (Å²) < 4.78 is 41.4. The highest BCUT2D eigenvalue weighted by molar-refractivity contribution is 5.68. The van der Waals surface area contributed by atoms with Crippen LogP contribution in [0.3, 0.4) is 0 Å². The van der Waals surface area contributed by atoms with Crippen LogP contribution in [0.1, 0.15) is 31.8 Å². The maximum atomic E-state index is 12.2. The predicted octanol–water partition coefficient (Wildman–Crippen LogP) is 3.05. The molecule has 0 aliphatic rings. The largest absolute Gasteiger partial charge is 0.481 e. The highest BCUT2D eigenvalue weighted by atomic mass is 19.4. The first-order chi connectivity index (χ1) is 7.13. The zero-order chi connectivity index (χ0) is 12.6. The van der Waals surface area contributed by atoms with Gasteiger partial charge in [-0.2, -0.15) is 13.2 Å². The van der Waals surface area contributed by atoms with E-state index in [9.17, 15) is 18.0 Å². The van der Waals surface area contributed by atoms with Crippen LogP contribution in [0.4, 0.5) is 13.2 Å². The number of carboxylic acids is 1. The molecule has 0 unspecified atom stereocenters. The molecule has 6 heteroatoms. The predicted molar refractivity (Wildman–Crippen MR) is 49.0 cm³/mol. The molecular weight excluding hydrogens is 225 g/mol.